The van der Waals surface area contributed by atoms with Gasteiger partial charge in [-0.3, -0.25) is 4.79 Å². The van der Waals surface area contributed by atoms with Gasteiger partial charge in [-0.05, 0) is 44.9 Å². The van der Waals surface area contributed by atoms with Crippen LogP contribution in [0.15, 0.2) is 36.5 Å². The van der Waals surface area contributed by atoms with Crippen LogP contribution in [0.4, 0.5) is 0 Å². The number of methoxy groups -OCH3 is 1. The number of ether oxygens (including phenoxy) is 1. The van der Waals surface area contributed by atoms with Crippen molar-refractivity contribution < 1.29 is 9.53 Å². The third-order valence-corrected chi connectivity index (χ3v) is 3.23. The topological polar surface area (TPSA) is 26.3 Å². The van der Waals surface area contributed by atoms with E-state index in [9.17, 15) is 4.79 Å². The van der Waals surface area contributed by atoms with Crippen molar-refractivity contribution in [1.82, 2.24) is 0 Å². The molecule has 0 fully saturated rings. The Morgan fingerprint density at radius 1 is 0.810 bits per heavy atom. The first-order chi connectivity index (χ1) is 10.3. The molecule has 0 unspecified atom stereocenters. The molecule has 21 heavy (non-hydrogen) atoms. The van der Waals surface area contributed by atoms with E-state index in [1.807, 2.05) is 0 Å². The zero-order valence-corrected chi connectivity index (χ0v) is 13.9. The molecule has 0 spiro atoms. The maximum atomic E-state index is 10.9. The Balaban J connectivity index is 3.33. The molecule has 0 aliphatic rings. The van der Waals surface area contributed by atoms with E-state index in [0.717, 1.165) is 32.1 Å². The minimum Gasteiger partial charge on any atom is -0.469 e. The highest BCUT2D eigenvalue weighted by molar-refractivity contribution is 5.68. The molecule has 0 atom stereocenters. The molecule has 0 amide bonds. The van der Waals surface area contributed by atoms with E-state index >= 15 is 0 Å². The first kappa shape index (κ1) is 19.7. The smallest absolute Gasteiger partial charge is 0.305 e. The molecule has 0 aliphatic carbocycles. The zero-order valence-electron chi connectivity index (χ0n) is 13.9. The summed E-state index contributed by atoms with van der Waals surface area (Å²) >= 11 is 0. The highest BCUT2D eigenvalue weighted by Gasteiger charge is 1.96. The van der Waals surface area contributed by atoms with Crippen LogP contribution in [0.3, 0.4) is 0 Å². The van der Waals surface area contributed by atoms with Crippen molar-refractivity contribution in [3.63, 3.8) is 0 Å². The second kappa shape index (κ2) is 16.7. The Bertz CT molecular complexity index is 314. The lowest BCUT2D eigenvalue weighted by Gasteiger charge is -1.95. The monoisotopic (exact) mass is 292 g/mol. The molecular weight excluding hydrogens is 260 g/mol. The molecule has 0 aliphatic heterocycles. The van der Waals surface area contributed by atoms with E-state index in [0.29, 0.717) is 6.42 Å². The van der Waals surface area contributed by atoms with Gasteiger partial charge in [0, 0.05) is 6.42 Å². The SMILES string of the molecule is CCCCC/C=C\C/C=C\CC/C=C/CCCC(=O)OC. The Morgan fingerprint density at radius 3 is 2.05 bits per heavy atom. The predicted octanol–water partition coefficient (Wildman–Crippen LogP) is 5.75. The van der Waals surface area contributed by atoms with Gasteiger partial charge in [0.1, 0.15) is 0 Å². The summed E-state index contributed by atoms with van der Waals surface area (Å²) in [5, 5.41) is 0. The number of hydrogen-bond acceptors (Lipinski definition) is 2. The summed E-state index contributed by atoms with van der Waals surface area (Å²) in [5.74, 6) is -0.117. The Morgan fingerprint density at radius 2 is 1.38 bits per heavy atom. The summed E-state index contributed by atoms with van der Waals surface area (Å²) in [6, 6.07) is 0. The normalized spacial score (nSPS) is 11.9. The molecule has 0 bridgehead atoms. The number of allylic oxidation sites excluding steroid dienone is 6. The summed E-state index contributed by atoms with van der Waals surface area (Å²) in [6.07, 6.45) is 24.1. The Hall–Kier alpha value is -1.31. The van der Waals surface area contributed by atoms with Crippen molar-refractivity contribution in [2.75, 3.05) is 7.11 Å². The molecule has 0 rings (SSSR count). The van der Waals surface area contributed by atoms with Gasteiger partial charge < -0.3 is 4.74 Å². The Labute approximate surface area is 131 Å². The molecular formula is C19H32O2. The van der Waals surface area contributed by atoms with Gasteiger partial charge in [-0.25, -0.2) is 0 Å². The molecule has 2 nitrogen and oxygen atoms in total. The molecule has 0 aromatic heterocycles. The molecule has 0 saturated heterocycles. The molecule has 2 heteroatoms. The third kappa shape index (κ3) is 16.6. The number of hydrogen-bond donors (Lipinski definition) is 0. The van der Waals surface area contributed by atoms with Crippen LogP contribution in [0.25, 0.3) is 0 Å². The zero-order chi connectivity index (χ0) is 15.6. The molecule has 0 N–H and O–H groups in total. The molecule has 0 heterocycles. The van der Waals surface area contributed by atoms with Crippen molar-refractivity contribution in [1.29, 1.82) is 0 Å². The lowest BCUT2D eigenvalue weighted by atomic mass is 10.2. The number of carbonyl (C=O) groups is 1. The van der Waals surface area contributed by atoms with E-state index in [-0.39, 0.29) is 5.97 Å². The first-order valence-corrected chi connectivity index (χ1v) is 8.33. The fraction of sp³-hybridized carbons (Fsp3) is 0.632. The van der Waals surface area contributed by atoms with Crippen molar-refractivity contribution in [3.8, 4) is 0 Å². The van der Waals surface area contributed by atoms with Gasteiger partial charge >= 0.3 is 5.97 Å². The summed E-state index contributed by atoms with van der Waals surface area (Å²) in [7, 11) is 1.44. The minimum atomic E-state index is -0.117. The fourth-order valence-corrected chi connectivity index (χ4v) is 1.91. The van der Waals surface area contributed by atoms with E-state index < -0.39 is 0 Å². The third-order valence-electron chi connectivity index (χ3n) is 3.23. The van der Waals surface area contributed by atoms with E-state index in [1.54, 1.807) is 0 Å². The van der Waals surface area contributed by atoms with Crippen molar-refractivity contribution in [3.05, 3.63) is 36.5 Å². The maximum absolute atomic E-state index is 10.9. The largest absolute Gasteiger partial charge is 0.469 e. The van der Waals surface area contributed by atoms with Crippen molar-refractivity contribution in [2.24, 2.45) is 0 Å². The summed E-state index contributed by atoms with van der Waals surface area (Å²) < 4.78 is 4.59. The number of esters is 1. The summed E-state index contributed by atoms with van der Waals surface area (Å²) in [6.45, 7) is 2.24. The van der Waals surface area contributed by atoms with Gasteiger partial charge in [0.05, 0.1) is 7.11 Å². The summed E-state index contributed by atoms with van der Waals surface area (Å²) in [4.78, 5) is 10.9. The Kier molecular flexibility index (Phi) is 15.7. The molecule has 0 radical (unpaired) electrons. The van der Waals surface area contributed by atoms with Gasteiger partial charge in [0.25, 0.3) is 0 Å². The number of unbranched alkanes of at least 4 members (excludes halogenated alkanes) is 5. The predicted molar refractivity (Wildman–Crippen MR) is 91.3 cm³/mol. The van der Waals surface area contributed by atoms with Crippen LogP contribution in [0, 0.1) is 0 Å². The van der Waals surface area contributed by atoms with Crippen LogP contribution in [-0.4, -0.2) is 13.1 Å². The van der Waals surface area contributed by atoms with Crippen molar-refractivity contribution >= 4 is 5.97 Å². The van der Waals surface area contributed by atoms with E-state index in [2.05, 4.69) is 48.1 Å². The number of carbonyl (C=O) groups excluding carboxylic acids is 1. The van der Waals surface area contributed by atoms with Crippen LogP contribution >= 0.6 is 0 Å². The molecule has 0 aromatic carbocycles. The fourth-order valence-electron chi connectivity index (χ4n) is 1.91. The highest BCUT2D eigenvalue weighted by atomic mass is 16.5. The van der Waals surface area contributed by atoms with E-state index in [4.69, 9.17) is 0 Å². The lowest BCUT2D eigenvalue weighted by Crippen LogP contribution is -1.98. The van der Waals surface area contributed by atoms with Gasteiger partial charge in [-0.15, -0.1) is 0 Å². The quantitative estimate of drug-likeness (QED) is 0.245. The second-order valence-electron chi connectivity index (χ2n) is 5.19. The lowest BCUT2D eigenvalue weighted by molar-refractivity contribution is -0.140. The van der Waals surface area contributed by atoms with Crippen LogP contribution in [-0.2, 0) is 9.53 Å². The van der Waals surface area contributed by atoms with Crippen LogP contribution in [0.2, 0.25) is 0 Å². The average molecular weight is 292 g/mol. The first-order valence-electron chi connectivity index (χ1n) is 8.33. The van der Waals surface area contributed by atoms with Gasteiger partial charge in [-0.1, -0.05) is 56.2 Å². The maximum Gasteiger partial charge on any atom is 0.305 e. The highest BCUT2D eigenvalue weighted by Crippen LogP contribution is 2.02. The number of rotatable bonds is 13. The van der Waals surface area contributed by atoms with Gasteiger partial charge in [0.15, 0.2) is 0 Å². The molecule has 0 aromatic rings. The van der Waals surface area contributed by atoms with Crippen LogP contribution in [0.5, 0.6) is 0 Å². The second-order valence-corrected chi connectivity index (χ2v) is 5.19. The molecule has 0 saturated carbocycles. The minimum absolute atomic E-state index is 0.117. The average Bonchev–Trinajstić information content (AvgIpc) is 2.50. The standard InChI is InChI=1S/C19H32O2/c1-3-4-5-6-7-8-9-10-11-12-13-14-15-16-17-18-19(20)21-2/h7-8,10-11,14-15H,3-6,9,12-13,16-18H2,1-2H3/b8-7-,11-10-,15-14+. The van der Waals surface area contributed by atoms with Gasteiger partial charge in [-0.2, -0.15) is 0 Å². The van der Waals surface area contributed by atoms with Gasteiger partial charge in [0.2, 0.25) is 0 Å². The summed E-state index contributed by atoms with van der Waals surface area (Å²) in [5.41, 5.74) is 0. The molecule has 120 valence electrons. The van der Waals surface area contributed by atoms with Crippen LogP contribution < -0.4 is 0 Å². The van der Waals surface area contributed by atoms with Crippen LogP contribution in [0.1, 0.15) is 71.1 Å². The van der Waals surface area contributed by atoms with E-state index in [1.165, 1.54) is 32.8 Å². The van der Waals surface area contributed by atoms with Crippen molar-refractivity contribution in [2.45, 2.75) is 71.1 Å².